The summed E-state index contributed by atoms with van der Waals surface area (Å²) in [5, 5.41) is 13.9. The molecule has 2 saturated heterocycles. The maximum atomic E-state index is 9.50. The zero-order valence-corrected chi connectivity index (χ0v) is 18.3. The van der Waals surface area contributed by atoms with Crippen LogP contribution in [-0.2, 0) is 6.54 Å². The van der Waals surface area contributed by atoms with E-state index >= 15 is 0 Å². The van der Waals surface area contributed by atoms with E-state index in [0.717, 1.165) is 55.8 Å². The molecule has 3 aliphatic heterocycles. The van der Waals surface area contributed by atoms with Crippen LogP contribution in [0.5, 0.6) is 5.75 Å². The predicted molar refractivity (Wildman–Crippen MR) is 125 cm³/mol. The molecule has 1 aromatic heterocycles. The second kappa shape index (κ2) is 7.77. The molecule has 3 atom stereocenters. The molecule has 6 nitrogen and oxygen atoms in total. The Hall–Kier alpha value is -3.14. The van der Waals surface area contributed by atoms with Gasteiger partial charge in [-0.25, -0.2) is 0 Å². The highest BCUT2D eigenvalue weighted by atomic mass is 16.5. The van der Waals surface area contributed by atoms with Gasteiger partial charge in [-0.15, -0.1) is 0 Å². The minimum absolute atomic E-state index is 0.282. The molecule has 2 fully saturated rings. The molecule has 1 N–H and O–H groups in total. The number of nitriles is 1. The van der Waals surface area contributed by atoms with Crippen molar-refractivity contribution in [1.29, 1.82) is 5.26 Å². The summed E-state index contributed by atoms with van der Waals surface area (Å²) in [6, 6.07) is 17.8. The fraction of sp³-hybridized carbons (Fsp3) is 0.385. The Labute approximate surface area is 188 Å². The molecular weight excluding hydrogens is 398 g/mol. The summed E-state index contributed by atoms with van der Waals surface area (Å²) >= 11 is 0. The third-order valence-corrected chi connectivity index (χ3v) is 7.20. The molecule has 0 amide bonds. The number of ether oxygens (including phenoxy) is 1. The van der Waals surface area contributed by atoms with Crippen molar-refractivity contribution in [2.75, 3.05) is 31.1 Å². The van der Waals surface area contributed by atoms with Gasteiger partial charge in [0.25, 0.3) is 0 Å². The number of pyridine rings is 1. The number of anilines is 1. The zero-order valence-electron chi connectivity index (χ0n) is 18.3. The molecular formula is C26H27N5O. The van der Waals surface area contributed by atoms with Crippen molar-refractivity contribution in [2.45, 2.75) is 38.1 Å². The van der Waals surface area contributed by atoms with Crippen LogP contribution >= 0.6 is 0 Å². The molecule has 0 saturated carbocycles. The lowest BCUT2D eigenvalue weighted by Gasteiger charge is -2.43. The summed E-state index contributed by atoms with van der Waals surface area (Å²) in [6.07, 6.45) is 3.12. The minimum atomic E-state index is 0.282. The SMILES string of the molecule is CC1CN(c2ccc(C#N)c3ncccc23)CC2c3ccc(OC4CCNC4)cc3CN12. The summed E-state index contributed by atoms with van der Waals surface area (Å²) in [7, 11) is 0. The number of fused-ring (bicyclic) bond motifs is 4. The van der Waals surface area contributed by atoms with Crippen LogP contribution in [0.2, 0.25) is 0 Å². The average Bonchev–Trinajstić information content (AvgIpc) is 3.46. The van der Waals surface area contributed by atoms with Crippen molar-refractivity contribution in [3.8, 4) is 11.8 Å². The highest BCUT2D eigenvalue weighted by molar-refractivity contribution is 5.95. The van der Waals surface area contributed by atoms with Crippen LogP contribution in [0.25, 0.3) is 10.9 Å². The monoisotopic (exact) mass is 425 g/mol. The van der Waals surface area contributed by atoms with Crippen molar-refractivity contribution in [1.82, 2.24) is 15.2 Å². The van der Waals surface area contributed by atoms with Gasteiger partial charge in [-0.2, -0.15) is 5.26 Å². The van der Waals surface area contributed by atoms with Crippen LogP contribution in [0.3, 0.4) is 0 Å². The third kappa shape index (κ3) is 3.21. The van der Waals surface area contributed by atoms with Gasteiger partial charge in [-0.05, 0) is 67.4 Å². The number of hydrogen-bond acceptors (Lipinski definition) is 6. The fourth-order valence-corrected chi connectivity index (χ4v) is 5.62. The van der Waals surface area contributed by atoms with Gasteiger partial charge < -0.3 is 15.0 Å². The van der Waals surface area contributed by atoms with Gasteiger partial charge in [-0.3, -0.25) is 9.88 Å². The lowest BCUT2D eigenvalue weighted by Crippen LogP contribution is -2.51. The standard InChI is InChI=1S/C26H27N5O/c1-17-14-30(24-7-4-18(12-27)26-23(24)3-2-9-29-26)16-25-22-6-5-20(11-19(22)15-31(17)25)32-21-8-10-28-13-21/h2-7,9,11,17,21,25,28H,8,10,13-16H2,1H3. The Balaban J connectivity index is 1.31. The second-order valence-electron chi connectivity index (χ2n) is 9.18. The van der Waals surface area contributed by atoms with E-state index in [1.54, 1.807) is 6.20 Å². The van der Waals surface area contributed by atoms with Crippen molar-refractivity contribution < 1.29 is 4.74 Å². The maximum Gasteiger partial charge on any atom is 0.120 e. The molecule has 0 bridgehead atoms. The first-order chi connectivity index (χ1) is 15.7. The van der Waals surface area contributed by atoms with E-state index in [1.807, 2.05) is 12.1 Å². The normalized spacial score (nSPS) is 24.9. The second-order valence-corrected chi connectivity index (χ2v) is 9.18. The average molecular weight is 426 g/mol. The van der Waals surface area contributed by atoms with E-state index in [9.17, 15) is 5.26 Å². The van der Waals surface area contributed by atoms with E-state index in [4.69, 9.17) is 4.74 Å². The Morgan fingerprint density at radius 2 is 2.12 bits per heavy atom. The van der Waals surface area contributed by atoms with Gasteiger partial charge in [-0.1, -0.05) is 6.07 Å². The first-order valence-corrected chi connectivity index (χ1v) is 11.5. The number of nitrogens with one attached hydrogen (secondary N) is 1. The molecule has 3 aromatic rings. The Bertz CT molecular complexity index is 1210. The number of piperazine rings is 1. The molecule has 6 heteroatoms. The number of benzene rings is 2. The molecule has 0 aliphatic carbocycles. The Morgan fingerprint density at radius 3 is 2.97 bits per heavy atom. The van der Waals surface area contributed by atoms with E-state index in [1.165, 1.54) is 16.8 Å². The van der Waals surface area contributed by atoms with Crippen LogP contribution in [0, 0.1) is 11.3 Å². The van der Waals surface area contributed by atoms with Crippen molar-refractivity contribution in [3.05, 3.63) is 65.4 Å². The molecule has 6 rings (SSSR count). The van der Waals surface area contributed by atoms with E-state index in [0.29, 0.717) is 17.6 Å². The molecule has 162 valence electrons. The quantitative estimate of drug-likeness (QED) is 0.692. The lowest BCUT2D eigenvalue weighted by atomic mass is 10.00. The smallest absolute Gasteiger partial charge is 0.120 e. The van der Waals surface area contributed by atoms with Crippen molar-refractivity contribution in [3.63, 3.8) is 0 Å². The third-order valence-electron chi connectivity index (χ3n) is 7.20. The molecule has 3 unspecified atom stereocenters. The molecule has 0 spiro atoms. The van der Waals surface area contributed by atoms with Crippen LogP contribution in [0.4, 0.5) is 5.69 Å². The number of rotatable bonds is 3. The highest BCUT2D eigenvalue weighted by Gasteiger charge is 2.39. The number of nitrogens with zero attached hydrogens (tertiary/aromatic N) is 4. The van der Waals surface area contributed by atoms with Crippen LogP contribution in [-0.4, -0.2) is 48.2 Å². The van der Waals surface area contributed by atoms with Gasteiger partial charge in [0, 0.05) is 49.5 Å². The number of aromatic nitrogens is 1. The van der Waals surface area contributed by atoms with Crippen molar-refractivity contribution >= 4 is 16.6 Å². The summed E-state index contributed by atoms with van der Waals surface area (Å²) in [6.45, 7) is 7.16. The molecule has 4 heterocycles. The molecule has 2 aromatic carbocycles. The first-order valence-electron chi connectivity index (χ1n) is 11.5. The summed E-state index contributed by atoms with van der Waals surface area (Å²) in [4.78, 5) is 9.59. The lowest BCUT2D eigenvalue weighted by molar-refractivity contribution is 0.134. The van der Waals surface area contributed by atoms with Crippen molar-refractivity contribution in [2.24, 2.45) is 0 Å². The van der Waals surface area contributed by atoms with Gasteiger partial charge in [0.05, 0.1) is 17.1 Å². The zero-order chi connectivity index (χ0) is 21.7. The first kappa shape index (κ1) is 19.5. The molecule has 0 radical (unpaired) electrons. The van der Waals surface area contributed by atoms with E-state index in [2.05, 4.69) is 63.4 Å². The van der Waals surface area contributed by atoms with Gasteiger partial charge >= 0.3 is 0 Å². The summed E-state index contributed by atoms with van der Waals surface area (Å²) < 4.78 is 6.22. The van der Waals surface area contributed by atoms with Gasteiger partial charge in [0.2, 0.25) is 0 Å². The Morgan fingerprint density at radius 1 is 1.19 bits per heavy atom. The summed E-state index contributed by atoms with van der Waals surface area (Å²) in [5.41, 5.74) is 5.39. The fourth-order valence-electron chi connectivity index (χ4n) is 5.62. The predicted octanol–water partition coefficient (Wildman–Crippen LogP) is 3.61. The van der Waals surface area contributed by atoms with Gasteiger partial charge in [0.1, 0.15) is 17.9 Å². The van der Waals surface area contributed by atoms with Gasteiger partial charge in [0.15, 0.2) is 0 Å². The molecule has 3 aliphatic rings. The topological polar surface area (TPSA) is 64.4 Å². The molecule has 32 heavy (non-hydrogen) atoms. The van der Waals surface area contributed by atoms with Crippen LogP contribution < -0.4 is 15.0 Å². The number of hydrogen-bond donors (Lipinski definition) is 1. The van der Waals surface area contributed by atoms with Crippen LogP contribution in [0.1, 0.15) is 36.1 Å². The highest BCUT2D eigenvalue weighted by Crippen LogP contribution is 2.42. The van der Waals surface area contributed by atoms with E-state index in [-0.39, 0.29) is 6.10 Å². The maximum absolute atomic E-state index is 9.50. The largest absolute Gasteiger partial charge is 0.489 e. The van der Waals surface area contributed by atoms with Crippen LogP contribution in [0.15, 0.2) is 48.7 Å². The minimum Gasteiger partial charge on any atom is -0.489 e. The summed E-state index contributed by atoms with van der Waals surface area (Å²) in [5.74, 6) is 0.992. The van der Waals surface area contributed by atoms with E-state index < -0.39 is 0 Å². The Kier molecular flexibility index (Phi) is 4.74.